The van der Waals surface area contributed by atoms with Crippen LogP contribution >= 0.6 is 27.7 Å². The molecule has 2 N–H and O–H groups in total. The van der Waals surface area contributed by atoms with Crippen molar-refractivity contribution in [3.63, 3.8) is 0 Å². The first-order chi connectivity index (χ1) is 10.5. The summed E-state index contributed by atoms with van der Waals surface area (Å²) in [5.41, 5.74) is 8.48. The number of nitrogens with zero attached hydrogens (tertiary/aromatic N) is 1. The van der Waals surface area contributed by atoms with E-state index in [0.29, 0.717) is 16.0 Å². The van der Waals surface area contributed by atoms with Gasteiger partial charge in [-0.2, -0.15) is 0 Å². The number of pyridine rings is 1. The van der Waals surface area contributed by atoms with Crippen LogP contribution in [0.15, 0.2) is 45.9 Å². The van der Waals surface area contributed by atoms with Crippen LogP contribution in [0.2, 0.25) is 0 Å². The van der Waals surface area contributed by atoms with Gasteiger partial charge in [-0.1, -0.05) is 17.7 Å². The predicted molar refractivity (Wildman–Crippen MR) is 92.8 cm³/mol. The second-order valence-electron chi connectivity index (χ2n) is 4.81. The van der Waals surface area contributed by atoms with Crippen molar-refractivity contribution < 1.29 is 9.53 Å². The second-order valence-corrected chi connectivity index (χ2v) is 6.90. The smallest absolute Gasteiger partial charge is 0.307 e. The van der Waals surface area contributed by atoms with Crippen molar-refractivity contribution in [3.8, 4) is 0 Å². The topological polar surface area (TPSA) is 65.2 Å². The summed E-state index contributed by atoms with van der Waals surface area (Å²) in [6.45, 7) is 2.04. The first-order valence-electron chi connectivity index (χ1n) is 6.71. The SMILES string of the molecule is COC(=O)CC(Sc1ccc(C)cc1)c1nc(Br)ccc1N. The first-order valence-corrected chi connectivity index (χ1v) is 8.39. The number of ether oxygens (including phenoxy) is 1. The quantitative estimate of drug-likeness (QED) is 0.479. The van der Waals surface area contributed by atoms with Crippen molar-refractivity contribution in [3.05, 3.63) is 52.3 Å². The minimum Gasteiger partial charge on any atom is -0.469 e. The summed E-state index contributed by atoms with van der Waals surface area (Å²) in [6, 6.07) is 11.7. The molecule has 0 spiro atoms. The van der Waals surface area contributed by atoms with E-state index in [2.05, 4.69) is 20.9 Å². The van der Waals surface area contributed by atoms with Gasteiger partial charge in [-0.15, -0.1) is 11.8 Å². The number of carbonyl (C=O) groups excluding carboxylic acids is 1. The van der Waals surface area contributed by atoms with Crippen LogP contribution in [0.4, 0.5) is 5.69 Å². The molecule has 0 aliphatic carbocycles. The Hall–Kier alpha value is -1.53. The number of aryl methyl sites for hydroxylation is 1. The number of thioether (sulfide) groups is 1. The van der Waals surface area contributed by atoms with Gasteiger partial charge in [0.1, 0.15) is 4.60 Å². The highest BCUT2D eigenvalue weighted by Gasteiger charge is 2.22. The van der Waals surface area contributed by atoms with Crippen molar-refractivity contribution >= 4 is 39.3 Å². The molecule has 1 aromatic carbocycles. The van der Waals surface area contributed by atoms with Crippen LogP contribution in [0.1, 0.15) is 22.9 Å². The molecular formula is C16H17BrN2O2S. The van der Waals surface area contributed by atoms with E-state index in [1.807, 2.05) is 31.2 Å². The van der Waals surface area contributed by atoms with Gasteiger partial charge in [-0.05, 0) is 47.1 Å². The van der Waals surface area contributed by atoms with Crippen LogP contribution in [-0.2, 0) is 9.53 Å². The predicted octanol–water partition coefficient (Wildman–Crippen LogP) is 4.13. The zero-order chi connectivity index (χ0) is 16.1. The number of esters is 1. The first kappa shape index (κ1) is 16.8. The fourth-order valence-electron chi connectivity index (χ4n) is 1.93. The lowest BCUT2D eigenvalue weighted by Gasteiger charge is -2.17. The van der Waals surface area contributed by atoms with Crippen LogP contribution in [-0.4, -0.2) is 18.1 Å². The third-order valence-electron chi connectivity index (χ3n) is 3.11. The fourth-order valence-corrected chi connectivity index (χ4v) is 3.39. The highest BCUT2D eigenvalue weighted by atomic mass is 79.9. The van der Waals surface area contributed by atoms with E-state index in [-0.39, 0.29) is 17.6 Å². The summed E-state index contributed by atoms with van der Waals surface area (Å²) in [5, 5.41) is -0.201. The molecule has 0 saturated heterocycles. The normalized spacial score (nSPS) is 12.0. The number of aromatic nitrogens is 1. The molecule has 0 saturated carbocycles. The highest BCUT2D eigenvalue weighted by Crippen LogP contribution is 2.39. The second kappa shape index (κ2) is 7.65. The molecule has 116 valence electrons. The number of carbonyl (C=O) groups is 1. The highest BCUT2D eigenvalue weighted by molar-refractivity contribution is 9.10. The molecule has 0 amide bonds. The lowest BCUT2D eigenvalue weighted by molar-refractivity contribution is -0.140. The number of nitrogens with two attached hydrogens (primary N) is 1. The molecule has 1 aromatic heterocycles. The molecule has 6 heteroatoms. The average Bonchev–Trinajstić information content (AvgIpc) is 2.51. The zero-order valence-electron chi connectivity index (χ0n) is 12.4. The van der Waals surface area contributed by atoms with Gasteiger partial charge in [0.05, 0.1) is 30.2 Å². The number of hydrogen-bond donors (Lipinski definition) is 1. The molecule has 2 rings (SSSR count). The maximum absolute atomic E-state index is 11.7. The maximum Gasteiger partial charge on any atom is 0.307 e. The molecule has 0 radical (unpaired) electrons. The van der Waals surface area contributed by atoms with E-state index in [1.165, 1.54) is 12.7 Å². The molecule has 0 aliphatic heterocycles. The van der Waals surface area contributed by atoms with Crippen molar-refractivity contribution in [2.75, 3.05) is 12.8 Å². The minimum absolute atomic E-state index is 0.201. The number of anilines is 1. The van der Waals surface area contributed by atoms with E-state index in [9.17, 15) is 4.79 Å². The van der Waals surface area contributed by atoms with Gasteiger partial charge in [0.2, 0.25) is 0 Å². The van der Waals surface area contributed by atoms with E-state index in [4.69, 9.17) is 10.5 Å². The summed E-state index contributed by atoms with van der Waals surface area (Å²) in [6.07, 6.45) is 0.211. The molecule has 0 fully saturated rings. The Balaban J connectivity index is 2.31. The molecule has 1 atom stereocenters. The van der Waals surface area contributed by atoms with Gasteiger partial charge in [0.15, 0.2) is 0 Å². The molecule has 1 heterocycles. The molecule has 0 bridgehead atoms. The molecule has 4 nitrogen and oxygen atoms in total. The van der Waals surface area contributed by atoms with E-state index >= 15 is 0 Å². The van der Waals surface area contributed by atoms with Crippen molar-refractivity contribution in [2.24, 2.45) is 0 Å². The van der Waals surface area contributed by atoms with Gasteiger partial charge in [0, 0.05) is 4.90 Å². The lowest BCUT2D eigenvalue weighted by atomic mass is 10.2. The van der Waals surface area contributed by atoms with E-state index in [1.54, 1.807) is 23.9 Å². The molecule has 2 aromatic rings. The number of halogens is 1. The standard InChI is InChI=1S/C16H17BrN2O2S/c1-10-3-5-11(6-4-10)22-13(9-15(20)21-2)16-12(18)7-8-14(17)19-16/h3-8,13H,9,18H2,1-2H3. The van der Waals surface area contributed by atoms with Crippen LogP contribution in [0.5, 0.6) is 0 Å². The molecule has 22 heavy (non-hydrogen) atoms. The summed E-state index contributed by atoms with van der Waals surface area (Å²) in [5.74, 6) is -0.286. The Morgan fingerprint density at radius 1 is 1.32 bits per heavy atom. The Labute approximate surface area is 142 Å². The average molecular weight is 381 g/mol. The summed E-state index contributed by atoms with van der Waals surface area (Å²) in [4.78, 5) is 17.2. The van der Waals surface area contributed by atoms with Gasteiger partial charge in [-0.3, -0.25) is 4.79 Å². The minimum atomic E-state index is -0.286. The van der Waals surface area contributed by atoms with Crippen LogP contribution < -0.4 is 5.73 Å². The number of benzene rings is 1. The number of nitrogen functional groups attached to an aromatic ring is 1. The van der Waals surface area contributed by atoms with Crippen molar-refractivity contribution in [1.29, 1.82) is 0 Å². The maximum atomic E-state index is 11.7. The summed E-state index contributed by atoms with van der Waals surface area (Å²) in [7, 11) is 1.38. The fraction of sp³-hybridized carbons (Fsp3) is 0.250. The summed E-state index contributed by atoms with van der Waals surface area (Å²) < 4.78 is 5.49. The molecule has 0 aliphatic rings. The van der Waals surface area contributed by atoms with Gasteiger partial charge in [0.25, 0.3) is 0 Å². The number of methoxy groups -OCH3 is 1. The van der Waals surface area contributed by atoms with E-state index < -0.39 is 0 Å². The molecule has 1 unspecified atom stereocenters. The monoisotopic (exact) mass is 380 g/mol. The third kappa shape index (κ3) is 4.48. The lowest BCUT2D eigenvalue weighted by Crippen LogP contribution is -2.10. The van der Waals surface area contributed by atoms with Gasteiger partial charge < -0.3 is 10.5 Å². The van der Waals surface area contributed by atoms with Crippen LogP contribution in [0, 0.1) is 6.92 Å². The largest absolute Gasteiger partial charge is 0.469 e. The van der Waals surface area contributed by atoms with Crippen LogP contribution in [0.25, 0.3) is 0 Å². The number of rotatable bonds is 5. The zero-order valence-corrected chi connectivity index (χ0v) is 14.8. The Morgan fingerprint density at radius 3 is 2.64 bits per heavy atom. The van der Waals surface area contributed by atoms with Gasteiger partial charge in [-0.25, -0.2) is 4.98 Å². The van der Waals surface area contributed by atoms with Crippen molar-refractivity contribution in [1.82, 2.24) is 4.98 Å². The Kier molecular flexibility index (Phi) is 5.85. The molecular weight excluding hydrogens is 364 g/mol. The van der Waals surface area contributed by atoms with E-state index in [0.717, 1.165) is 4.90 Å². The third-order valence-corrected chi connectivity index (χ3v) is 4.77. The van der Waals surface area contributed by atoms with Crippen LogP contribution in [0.3, 0.4) is 0 Å². The summed E-state index contributed by atoms with van der Waals surface area (Å²) >= 11 is 4.90. The number of hydrogen-bond acceptors (Lipinski definition) is 5. The Bertz CT molecular complexity index is 662. The Morgan fingerprint density at radius 2 is 2.00 bits per heavy atom. The van der Waals surface area contributed by atoms with Crippen molar-refractivity contribution in [2.45, 2.75) is 23.5 Å². The van der Waals surface area contributed by atoms with Gasteiger partial charge >= 0.3 is 5.97 Å².